The third kappa shape index (κ3) is 6.26. The molecular formula is C26H35F3N2O3. The Balaban J connectivity index is 1.60. The number of alkyl halides is 3. The predicted molar refractivity (Wildman–Crippen MR) is 123 cm³/mol. The Morgan fingerprint density at radius 3 is 2.41 bits per heavy atom. The number of hydrogen-bond donors (Lipinski definition) is 2. The highest BCUT2D eigenvalue weighted by Gasteiger charge is 2.38. The minimum Gasteiger partial charge on any atom is -0.481 e. The first-order valence-corrected chi connectivity index (χ1v) is 12.4. The van der Waals surface area contributed by atoms with Crippen molar-refractivity contribution >= 4 is 5.97 Å². The summed E-state index contributed by atoms with van der Waals surface area (Å²) >= 11 is 0. The molecule has 34 heavy (non-hydrogen) atoms. The summed E-state index contributed by atoms with van der Waals surface area (Å²) in [5.41, 5.74) is 1.23. The first-order valence-electron chi connectivity index (χ1n) is 12.4. The van der Waals surface area contributed by atoms with Crippen LogP contribution in [0, 0.1) is 11.8 Å². The van der Waals surface area contributed by atoms with Gasteiger partial charge in [0.2, 0.25) is 0 Å². The zero-order valence-electron chi connectivity index (χ0n) is 19.7. The topological polar surface area (TPSA) is 61.8 Å². The maximum atomic E-state index is 13.2. The van der Waals surface area contributed by atoms with Gasteiger partial charge in [-0.1, -0.05) is 25.0 Å². The van der Waals surface area contributed by atoms with E-state index in [-0.39, 0.29) is 30.5 Å². The largest absolute Gasteiger partial charge is 0.481 e. The van der Waals surface area contributed by atoms with Gasteiger partial charge in [0.1, 0.15) is 6.26 Å². The fraction of sp³-hybridized carbons (Fsp3) is 0.654. The number of benzene rings is 1. The van der Waals surface area contributed by atoms with Crippen LogP contribution in [0.5, 0.6) is 0 Å². The van der Waals surface area contributed by atoms with Crippen LogP contribution >= 0.6 is 0 Å². The Labute approximate surface area is 199 Å². The van der Waals surface area contributed by atoms with E-state index in [0.717, 1.165) is 42.8 Å². The first kappa shape index (κ1) is 24.9. The Bertz CT molecular complexity index is 865. The molecule has 1 aliphatic heterocycles. The van der Waals surface area contributed by atoms with E-state index in [2.05, 4.69) is 10.2 Å². The standard InChI is InChI=1S/C26H35F3N2O3/c1-17-30-22(16-34-17)15-31(14-18-4-2-3-5-18)24-11-6-19(13-25(32)33)12-23(24)20-7-9-21(10-8-20)26(27,28)29/h7-10,16-19,23-24,30H,2-6,11-15H2,1H3,(H,32,33)/t17?,19-,23+,24-/m1/s1. The average Bonchev–Trinajstić information content (AvgIpc) is 3.44. The molecule has 2 saturated carbocycles. The Morgan fingerprint density at radius 1 is 1.12 bits per heavy atom. The van der Waals surface area contributed by atoms with Gasteiger partial charge in [-0.3, -0.25) is 9.69 Å². The second kappa shape index (κ2) is 10.6. The van der Waals surface area contributed by atoms with E-state index in [4.69, 9.17) is 4.74 Å². The minimum atomic E-state index is -4.37. The summed E-state index contributed by atoms with van der Waals surface area (Å²) in [5.74, 6) is -0.182. The van der Waals surface area contributed by atoms with Crippen LogP contribution in [0.4, 0.5) is 13.2 Å². The smallest absolute Gasteiger partial charge is 0.416 e. The molecule has 0 bridgehead atoms. The van der Waals surface area contributed by atoms with Crippen LogP contribution in [0.25, 0.3) is 0 Å². The molecule has 4 rings (SSSR count). The highest BCUT2D eigenvalue weighted by Crippen LogP contribution is 2.42. The quantitative estimate of drug-likeness (QED) is 0.498. The molecule has 0 aromatic heterocycles. The summed E-state index contributed by atoms with van der Waals surface area (Å²) in [6.07, 6.45) is 4.64. The van der Waals surface area contributed by atoms with Gasteiger partial charge in [0, 0.05) is 25.6 Å². The van der Waals surface area contributed by atoms with Gasteiger partial charge in [0.15, 0.2) is 6.23 Å². The Kier molecular flexibility index (Phi) is 7.75. The second-order valence-electron chi connectivity index (χ2n) is 10.2. The Hall–Kier alpha value is -2.22. The number of aliphatic carboxylic acids is 1. The van der Waals surface area contributed by atoms with E-state index in [1.54, 1.807) is 18.4 Å². The SMILES string of the molecule is CC1NC(CN(CC2CCCC2)[C@@H]2CC[C@@H](CC(=O)O)C[C@H]2c2ccc(C(F)(F)F)cc2)=CO1. The molecule has 4 atom stereocenters. The molecule has 2 fully saturated rings. The van der Waals surface area contributed by atoms with Crippen LogP contribution in [0.1, 0.15) is 75.3 Å². The molecule has 0 spiro atoms. The summed E-state index contributed by atoms with van der Waals surface area (Å²) < 4.78 is 45.0. The first-order chi connectivity index (χ1) is 16.2. The van der Waals surface area contributed by atoms with E-state index in [0.29, 0.717) is 18.9 Å². The van der Waals surface area contributed by atoms with E-state index < -0.39 is 17.7 Å². The highest BCUT2D eigenvalue weighted by atomic mass is 19.4. The van der Waals surface area contributed by atoms with Crippen LogP contribution in [-0.4, -0.2) is 41.3 Å². The van der Waals surface area contributed by atoms with E-state index in [1.165, 1.54) is 25.7 Å². The van der Waals surface area contributed by atoms with Gasteiger partial charge >= 0.3 is 12.1 Å². The zero-order valence-corrected chi connectivity index (χ0v) is 19.7. The lowest BCUT2D eigenvalue weighted by Gasteiger charge is -2.44. The summed E-state index contributed by atoms with van der Waals surface area (Å²) in [7, 11) is 0. The van der Waals surface area contributed by atoms with Crippen LogP contribution < -0.4 is 5.32 Å². The molecule has 1 heterocycles. The van der Waals surface area contributed by atoms with Crippen LogP contribution in [-0.2, 0) is 15.7 Å². The van der Waals surface area contributed by atoms with Gasteiger partial charge in [-0.2, -0.15) is 13.2 Å². The summed E-state index contributed by atoms with van der Waals surface area (Å²) in [6, 6.07) is 5.64. The van der Waals surface area contributed by atoms with Crippen molar-refractivity contribution in [3.8, 4) is 0 Å². The molecule has 1 aromatic carbocycles. The number of carboxylic acids is 1. The molecule has 0 radical (unpaired) electrons. The normalized spacial score (nSPS) is 28.0. The molecule has 0 saturated heterocycles. The van der Waals surface area contributed by atoms with Gasteiger partial charge in [-0.15, -0.1) is 0 Å². The van der Waals surface area contributed by atoms with Crippen molar-refractivity contribution in [1.82, 2.24) is 10.2 Å². The van der Waals surface area contributed by atoms with Crippen molar-refractivity contribution in [2.45, 2.75) is 82.7 Å². The molecule has 5 nitrogen and oxygen atoms in total. The van der Waals surface area contributed by atoms with Gasteiger partial charge in [0.05, 0.1) is 11.3 Å². The highest BCUT2D eigenvalue weighted by molar-refractivity contribution is 5.67. The van der Waals surface area contributed by atoms with Gasteiger partial charge in [0.25, 0.3) is 0 Å². The van der Waals surface area contributed by atoms with Crippen molar-refractivity contribution in [2.75, 3.05) is 13.1 Å². The molecule has 2 aliphatic carbocycles. The van der Waals surface area contributed by atoms with Gasteiger partial charge < -0.3 is 15.2 Å². The van der Waals surface area contributed by atoms with E-state index in [9.17, 15) is 23.1 Å². The number of carbonyl (C=O) groups is 1. The Morgan fingerprint density at radius 2 is 1.82 bits per heavy atom. The van der Waals surface area contributed by atoms with Crippen molar-refractivity contribution in [1.29, 1.82) is 0 Å². The fourth-order valence-electron chi connectivity index (χ4n) is 6.05. The van der Waals surface area contributed by atoms with Crippen molar-refractivity contribution < 1.29 is 27.8 Å². The van der Waals surface area contributed by atoms with Crippen molar-refractivity contribution in [2.24, 2.45) is 11.8 Å². The molecule has 3 aliphatic rings. The number of nitrogens with zero attached hydrogens (tertiary/aromatic N) is 1. The number of ether oxygens (including phenoxy) is 1. The zero-order chi connectivity index (χ0) is 24.3. The van der Waals surface area contributed by atoms with Gasteiger partial charge in [-0.25, -0.2) is 0 Å². The van der Waals surface area contributed by atoms with Crippen LogP contribution in [0.3, 0.4) is 0 Å². The van der Waals surface area contributed by atoms with Crippen molar-refractivity contribution in [3.63, 3.8) is 0 Å². The minimum absolute atomic E-state index is 0.0119. The fourth-order valence-corrected chi connectivity index (χ4v) is 6.05. The second-order valence-corrected chi connectivity index (χ2v) is 10.2. The molecule has 188 valence electrons. The maximum absolute atomic E-state index is 13.2. The van der Waals surface area contributed by atoms with E-state index in [1.807, 2.05) is 6.92 Å². The maximum Gasteiger partial charge on any atom is 0.416 e. The average molecular weight is 481 g/mol. The monoisotopic (exact) mass is 480 g/mol. The van der Waals surface area contributed by atoms with Crippen LogP contribution in [0.2, 0.25) is 0 Å². The molecular weight excluding hydrogens is 445 g/mol. The summed E-state index contributed by atoms with van der Waals surface area (Å²) in [4.78, 5) is 13.9. The van der Waals surface area contributed by atoms with Crippen LogP contribution in [0.15, 0.2) is 36.2 Å². The number of carboxylic acid groups (broad SMARTS) is 1. The number of rotatable bonds is 8. The van der Waals surface area contributed by atoms with E-state index >= 15 is 0 Å². The lowest BCUT2D eigenvalue weighted by atomic mass is 9.72. The molecule has 0 amide bonds. The van der Waals surface area contributed by atoms with Gasteiger partial charge in [-0.05, 0) is 74.5 Å². The lowest BCUT2D eigenvalue weighted by Crippen LogP contribution is -2.47. The molecule has 8 heteroatoms. The summed E-state index contributed by atoms with van der Waals surface area (Å²) in [6.45, 7) is 3.60. The molecule has 1 unspecified atom stereocenters. The predicted octanol–water partition coefficient (Wildman–Crippen LogP) is 5.73. The number of hydrogen-bond acceptors (Lipinski definition) is 4. The third-order valence-electron chi connectivity index (χ3n) is 7.66. The molecule has 2 N–H and O–H groups in total. The van der Waals surface area contributed by atoms with Crippen molar-refractivity contribution in [3.05, 3.63) is 47.4 Å². The number of nitrogens with one attached hydrogen (secondary N) is 1. The third-order valence-corrected chi connectivity index (χ3v) is 7.66. The molecule has 1 aromatic rings. The summed E-state index contributed by atoms with van der Waals surface area (Å²) in [5, 5.41) is 12.7. The number of halogens is 3. The lowest BCUT2D eigenvalue weighted by molar-refractivity contribution is -0.139.